The van der Waals surface area contributed by atoms with Crippen molar-refractivity contribution in [1.29, 1.82) is 0 Å². The molecule has 33 heavy (non-hydrogen) atoms. The first-order chi connectivity index (χ1) is 15.3. The number of halogens is 6. The molecule has 2 aromatic carbocycles. The van der Waals surface area contributed by atoms with Gasteiger partial charge >= 0.3 is 18.0 Å². The van der Waals surface area contributed by atoms with Crippen LogP contribution in [0.25, 0.3) is 5.69 Å². The van der Waals surface area contributed by atoms with Crippen molar-refractivity contribution < 1.29 is 35.9 Å². The van der Waals surface area contributed by atoms with Gasteiger partial charge in [-0.1, -0.05) is 6.07 Å². The highest BCUT2D eigenvalue weighted by atomic mass is 19.4. The summed E-state index contributed by atoms with van der Waals surface area (Å²) in [5, 5.41) is 1.85. The monoisotopic (exact) mass is 473 g/mol. The Balaban J connectivity index is 2.06. The van der Waals surface area contributed by atoms with Gasteiger partial charge in [0.2, 0.25) is 0 Å². The molecular formula is C20H13F6N3O4. The van der Waals surface area contributed by atoms with E-state index in [1.165, 1.54) is 31.4 Å². The first-order valence-corrected chi connectivity index (χ1v) is 8.91. The summed E-state index contributed by atoms with van der Waals surface area (Å²) in [6.07, 6.45) is -9.55. The number of alkyl halides is 6. The molecule has 1 aromatic heterocycles. The predicted molar refractivity (Wildman–Crippen MR) is 104 cm³/mol. The Morgan fingerprint density at radius 3 is 2.12 bits per heavy atom. The quantitative estimate of drug-likeness (QED) is 0.564. The zero-order valence-corrected chi connectivity index (χ0v) is 16.5. The molecule has 1 heterocycles. The van der Waals surface area contributed by atoms with Crippen molar-refractivity contribution in [2.75, 3.05) is 12.4 Å². The number of carbonyl (C=O) groups excluding carboxylic acids is 1. The molecule has 0 atom stereocenters. The maximum absolute atomic E-state index is 13.0. The fraction of sp³-hybridized carbons (Fsp3) is 0.150. The van der Waals surface area contributed by atoms with Gasteiger partial charge in [0.25, 0.3) is 11.5 Å². The number of hydrogen-bond acceptors (Lipinski definition) is 4. The number of hydrogen-bond donors (Lipinski definition) is 2. The zero-order valence-electron chi connectivity index (χ0n) is 16.5. The van der Waals surface area contributed by atoms with Crippen LogP contribution in [0, 0.1) is 0 Å². The van der Waals surface area contributed by atoms with Crippen LogP contribution in [0.4, 0.5) is 32.0 Å². The minimum atomic E-state index is -5.13. The highest BCUT2D eigenvalue weighted by Gasteiger charge is 2.37. The van der Waals surface area contributed by atoms with E-state index in [1.54, 1.807) is 0 Å². The molecule has 3 rings (SSSR count). The fourth-order valence-electron chi connectivity index (χ4n) is 2.85. The first-order valence-electron chi connectivity index (χ1n) is 8.91. The molecule has 0 saturated heterocycles. The summed E-state index contributed by atoms with van der Waals surface area (Å²) in [4.78, 5) is 39.6. The Kier molecular flexibility index (Phi) is 6.07. The van der Waals surface area contributed by atoms with Crippen molar-refractivity contribution in [1.82, 2.24) is 9.55 Å². The van der Waals surface area contributed by atoms with Gasteiger partial charge in [-0.15, -0.1) is 0 Å². The van der Waals surface area contributed by atoms with Gasteiger partial charge in [0.15, 0.2) is 0 Å². The average Bonchev–Trinajstić information content (AvgIpc) is 2.72. The van der Waals surface area contributed by atoms with E-state index in [4.69, 9.17) is 4.74 Å². The smallest absolute Gasteiger partial charge is 0.416 e. The highest BCUT2D eigenvalue weighted by molar-refractivity contribution is 6.04. The highest BCUT2D eigenvalue weighted by Crippen LogP contribution is 2.37. The van der Waals surface area contributed by atoms with Crippen molar-refractivity contribution in [2.24, 2.45) is 0 Å². The molecular weight excluding hydrogens is 460 g/mol. The molecule has 2 N–H and O–H groups in total. The number of anilines is 1. The number of aromatic nitrogens is 2. The molecule has 174 valence electrons. The standard InChI is InChI=1S/C20H13F6N3O4/c1-33-14-4-2-3-13(8-14)29-17(31)15(9-27-18(29)32)16(30)28-12-6-10(19(21,22)23)5-11(7-12)20(24,25)26/h2-9H,1H3,(H,27,32)(H,28,30). The third-order valence-electron chi connectivity index (χ3n) is 4.38. The number of nitrogens with zero attached hydrogens (tertiary/aromatic N) is 1. The number of amides is 1. The Bertz CT molecular complexity index is 1290. The zero-order chi connectivity index (χ0) is 24.6. The van der Waals surface area contributed by atoms with Gasteiger partial charge in [0, 0.05) is 18.0 Å². The maximum atomic E-state index is 13.0. The van der Waals surface area contributed by atoms with Crippen LogP contribution < -0.4 is 21.3 Å². The van der Waals surface area contributed by atoms with Gasteiger partial charge in [0.05, 0.1) is 23.9 Å². The summed E-state index contributed by atoms with van der Waals surface area (Å²) >= 11 is 0. The van der Waals surface area contributed by atoms with Gasteiger partial charge in [0.1, 0.15) is 11.3 Å². The van der Waals surface area contributed by atoms with E-state index in [-0.39, 0.29) is 17.5 Å². The molecule has 0 spiro atoms. The fourth-order valence-corrected chi connectivity index (χ4v) is 2.85. The first kappa shape index (κ1) is 23.6. The van der Waals surface area contributed by atoms with Gasteiger partial charge < -0.3 is 15.0 Å². The largest absolute Gasteiger partial charge is 0.497 e. The van der Waals surface area contributed by atoms with E-state index in [2.05, 4.69) is 4.98 Å². The van der Waals surface area contributed by atoms with Crippen molar-refractivity contribution in [3.8, 4) is 11.4 Å². The molecule has 13 heteroatoms. The Hall–Kier alpha value is -4.03. The number of carbonyl (C=O) groups is 1. The molecule has 1 amide bonds. The van der Waals surface area contributed by atoms with E-state index >= 15 is 0 Å². The van der Waals surface area contributed by atoms with Crippen LogP contribution in [0.5, 0.6) is 5.75 Å². The number of ether oxygens (including phenoxy) is 1. The van der Waals surface area contributed by atoms with Crippen LogP contribution in [-0.2, 0) is 12.4 Å². The lowest BCUT2D eigenvalue weighted by atomic mass is 10.1. The minimum Gasteiger partial charge on any atom is -0.497 e. The summed E-state index contributed by atoms with van der Waals surface area (Å²) in [7, 11) is 1.33. The van der Waals surface area contributed by atoms with E-state index in [0.29, 0.717) is 22.9 Å². The minimum absolute atomic E-state index is 0.00803. The number of rotatable bonds is 4. The number of methoxy groups -OCH3 is 1. The van der Waals surface area contributed by atoms with Gasteiger partial charge in [-0.05, 0) is 30.3 Å². The third kappa shape index (κ3) is 5.07. The van der Waals surface area contributed by atoms with Crippen LogP contribution in [-0.4, -0.2) is 22.6 Å². The molecule has 7 nitrogen and oxygen atoms in total. The van der Waals surface area contributed by atoms with E-state index in [1.807, 2.05) is 5.32 Å². The molecule has 0 bridgehead atoms. The number of H-pyrrole nitrogens is 1. The summed E-state index contributed by atoms with van der Waals surface area (Å²) in [6.45, 7) is 0. The molecule has 3 aromatic rings. The lowest BCUT2D eigenvalue weighted by Gasteiger charge is -2.15. The second-order valence-corrected chi connectivity index (χ2v) is 6.60. The summed E-state index contributed by atoms with van der Waals surface area (Å²) < 4.78 is 83.7. The summed E-state index contributed by atoms with van der Waals surface area (Å²) in [5.41, 5.74) is -6.97. The third-order valence-corrected chi connectivity index (χ3v) is 4.38. The summed E-state index contributed by atoms with van der Waals surface area (Å²) in [5.74, 6) is -1.06. The number of benzene rings is 2. The van der Waals surface area contributed by atoms with Gasteiger partial charge in [-0.2, -0.15) is 26.3 Å². The van der Waals surface area contributed by atoms with Crippen LogP contribution in [0.2, 0.25) is 0 Å². The predicted octanol–water partition coefficient (Wildman–Crippen LogP) is 3.82. The van der Waals surface area contributed by atoms with E-state index < -0.39 is 51.9 Å². The van der Waals surface area contributed by atoms with Crippen LogP contribution >= 0.6 is 0 Å². The molecule has 0 saturated carbocycles. The van der Waals surface area contributed by atoms with Crippen molar-refractivity contribution in [3.05, 3.63) is 86.2 Å². The lowest BCUT2D eigenvalue weighted by molar-refractivity contribution is -0.143. The summed E-state index contributed by atoms with van der Waals surface area (Å²) in [6, 6.07) is 6.10. The SMILES string of the molecule is COc1cccc(-n2c(=O)[nH]cc(C(=O)Nc3cc(C(F)(F)F)cc(C(F)(F)F)c3)c2=O)c1. The molecule has 0 aliphatic rings. The molecule has 0 fully saturated rings. The number of nitrogens with one attached hydrogen (secondary N) is 2. The van der Waals surface area contributed by atoms with Crippen molar-refractivity contribution in [3.63, 3.8) is 0 Å². The molecule has 0 unspecified atom stereocenters. The number of aromatic amines is 1. The molecule has 0 radical (unpaired) electrons. The van der Waals surface area contributed by atoms with Gasteiger partial charge in [-0.25, -0.2) is 9.36 Å². The van der Waals surface area contributed by atoms with Crippen LogP contribution in [0.1, 0.15) is 21.5 Å². The van der Waals surface area contributed by atoms with Crippen molar-refractivity contribution in [2.45, 2.75) is 12.4 Å². The van der Waals surface area contributed by atoms with E-state index in [0.717, 1.165) is 0 Å². The Labute approximate surface area is 180 Å². The topological polar surface area (TPSA) is 93.2 Å². The van der Waals surface area contributed by atoms with Crippen LogP contribution in [0.15, 0.2) is 58.3 Å². The normalized spacial score (nSPS) is 11.8. The second kappa shape index (κ2) is 8.48. The average molecular weight is 473 g/mol. The van der Waals surface area contributed by atoms with Crippen molar-refractivity contribution >= 4 is 11.6 Å². The molecule has 0 aliphatic carbocycles. The van der Waals surface area contributed by atoms with Gasteiger partial charge in [-0.3, -0.25) is 9.59 Å². The molecule has 0 aliphatic heterocycles. The second-order valence-electron chi connectivity index (χ2n) is 6.60. The van der Waals surface area contributed by atoms with Crippen LogP contribution in [0.3, 0.4) is 0 Å². The Morgan fingerprint density at radius 1 is 0.970 bits per heavy atom. The lowest BCUT2D eigenvalue weighted by Crippen LogP contribution is -2.38. The Morgan fingerprint density at radius 2 is 1.58 bits per heavy atom. The maximum Gasteiger partial charge on any atom is 0.416 e. The van der Waals surface area contributed by atoms with E-state index in [9.17, 15) is 40.7 Å².